The van der Waals surface area contributed by atoms with E-state index < -0.39 is 0 Å². The van der Waals surface area contributed by atoms with Crippen molar-refractivity contribution in [3.63, 3.8) is 0 Å². The smallest absolute Gasteiger partial charge is 0.317 e. The maximum Gasteiger partial charge on any atom is 0.317 e. The van der Waals surface area contributed by atoms with Gasteiger partial charge in [-0.05, 0) is 31.9 Å². The first-order chi connectivity index (χ1) is 11.6. The van der Waals surface area contributed by atoms with Crippen LogP contribution in [0.25, 0.3) is 0 Å². The molecule has 0 aromatic heterocycles. The van der Waals surface area contributed by atoms with E-state index in [1.165, 1.54) is 19.3 Å². The molecular formula is C19H27N3O2. The van der Waals surface area contributed by atoms with Crippen LogP contribution in [0.15, 0.2) is 24.3 Å². The van der Waals surface area contributed by atoms with Gasteiger partial charge < -0.3 is 15.1 Å². The Kier molecular flexibility index (Phi) is 5.38. The van der Waals surface area contributed by atoms with Gasteiger partial charge in [0.15, 0.2) is 0 Å². The number of benzene rings is 1. The molecule has 1 saturated carbocycles. The minimum atomic E-state index is 0.0318. The van der Waals surface area contributed by atoms with Crippen LogP contribution in [0.4, 0.5) is 4.79 Å². The lowest BCUT2D eigenvalue weighted by molar-refractivity contribution is 0.0662. The van der Waals surface area contributed by atoms with Gasteiger partial charge in [0.2, 0.25) is 0 Å². The van der Waals surface area contributed by atoms with Gasteiger partial charge in [0.1, 0.15) is 0 Å². The van der Waals surface area contributed by atoms with Crippen molar-refractivity contribution < 1.29 is 9.59 Å². The van der Waals surface area contributed by atoms with Crippen molar-refractivity contribution in [1.29, 1.82) is 0 Å². The van der Waals surface area contributed by atoms with Crippen molar-refractivity contribution in [2.24, 2.45) is 0 Å². The van der Waals surface area contributed by atoms with Gasteiger partial charge in [-0.2, -0.15) is 0 Å². The zero-order valence-corrected chi connectivity index (χ0v) is 14.5. The molecule has 3 amide bonds. The summed E-state index contributed by atoms with van der Waals surface area (Å²) >= 11 is 0. The summed E-state index contributed by atoms with van der Waals surface area (Å²) in [6.07, 6.45) is 5.90. The first-order valence-corrected chi connectivity index (χ1v) is 9.05. The molecule has 3 rings (SSSR count). The molecule has 0 atom stereocenters. The molecule has 2 fully saturated rings. The van der Waals surface area contributed by atoms with Gasteiger partial charge in [0.05, 0.1) is 0 Å². The lowest BCUT2D eigenvalue weighted by Gasteiger charge is -2.36. The van der Waals surface area contributed by atoms with Gasteiger partial charge in [0, 0.05) is 37.8 Å². The fraction of sp³-hybridized carbons (Fsp3) is 0.579. The largest absolute Gasteiger partial charge is 0.335 e. The predicted molar refractivity (Wildman–Crippen MR) is 94.1 cm³/mol. The second-order valence-electron chi connectivity index (χ2n) is 6.93. The van der Waals surface area contributed by atoms with Gasteiger partial charge in [0.25, 0.3) is 5.91 Å². The number of piperazine rings is 1. The molecule has 1 aromatic carbocycles. The molecule has 5 heteroatoms. The van der Waals surface area contributed by atoms with Crippen molar-refractivity contribution in [2.45, 2.75) is 45.1 Å². The Balaban J connectivity index is 1.48. The van der Waals surface area contributed by atoms with Crippen molar-refractivity contribution in [2.75, 3.05) is 26.2 Å². The Hall–Kier alpha value is -2.04. The zero-order valence-electron chi connectivity index (χ0n) is 14.5. The Morgan fingerprint density at radius 3 is 2.12 bits per heavy atom. The summed E-state index contributed by atoms with van der Waals surface area (Å²) in [6, 6.07) is 8.03. The minimum Gasteiger partial charge on any atom is -0.335 e. The van der Waals surface area contributed by atoms with Crippen molar-refractivity contribution in [3.8, 4) is 0 Å². The molecule has 130 valence electrons. The summed E-state index contributed by atoms with van der Waals surface area (Å²) < 4.78 is 0. The van der Waals surface area contributed by atoms with Crippen LogP contribution in [0.2, 0.25) is 0 Å². The molecule has 2 aliphatic rings. The number of urea groups is 1. The maximum atomic E-state index is 12.5. The Morgan fingerprint density at radius 2 is 1.50 bits per heavy atom. The highest BCUT2D eigenvalue weighted by atomic mass is 16.2. The number of amides is 3. The highest BCUT2D eigenvalue weighted by Gasteiger charge is 2.26. The quantitative estimate of drug-likeness (QED) is 0.907. The molecule has 5 nitrogen and oxygen atoms in total. The summed E-state index contributed by atoms with van der Waals surface area (Å²) in [7, 11) is 0. The van der Waals surface area contributed by atoms with E-state index in [1.54, 1.807) is 0 Å². The third kappa shape index (κ3) is 4.08. The summed E-state index contributed by atoms with van der Waals surface area (Å²) in [5.41, 5.74) is 1.87. The second-order valence-corrected chi connectivity index (χ2v) is 6.93. The molecule has 1 aliphatic heterocycles. The maximum absolute atomic E-state index is 12.5. The number of nitrogens with one attached hydrogen (secondary N) is 1. The fourth-order valence-electron chi connectivity index (χ4n) is 3.50. The Bertz CT molecular complexity index is 571. The van der Waals surface area contributed by atoms with Gasteiger partial charge in [-0.1, -0.05) is 37.0 Å². The molecular weight excluding hydrogens is 302 g/mol. The number of aryl methyl sites for hydroxylation is 1. The SMILES string of the molecule is Cc1ccc(C(=O)N2CCN(C(=O)NC3CCCCC3)CC2)cc1. The van der Waals surface area contributed by atoms with Gasteiger partial charge in [-0.3, -0.25) is 4.79 Å². The van der Waals surface area contributed by atoms with Crippen LogP contribution < -0.4 is 5.32 Å². The van der Waals surface area contributed by atoms with Crippen LogP contribution in [0, 0.1) is 6.92 Å². The van der Waals surface area contributed by atoms with E-state index >= 15 is 0 Å². The third-order valence-electron chi connectivity index (χ3n) is 5.09. The third-order valence-corrected chi connectivity index (χ3v) is 5.09. The second kappa shape index (κ2) is 7.69. The van der Waals surface area contributed by atoms with Crippen molar-refractivity contribution >= 4 is 11.9 Å². The van der Waals surface area contributed by atoms with Crippen LogP contribution in [0.5, 0.6) is 0 Å². The van der Waals surface area contributed by atoms with Gasteiger partial charge in [-0.25, -0.2) is 4.79 Å². The topological polar surface area (TPSA) is 52.7 Å². The van der Waals surface area contributed by atoms with E-state index in [1.807, 2.05) is 41.0 Å². The molecule has 1 heterocycles. The number of nitrogens with zero attached hydrogens (tertiary/aromatic N) is 2. The Labute approximate surface area is 144 Å². The normalized spacial score (nSPS) is 19.2. The average Bonchev–Trinajstić information content (AvgIpc) is 2.63. The molecule has 1 aliphatic carbocycles. The van der Waals surface area contributed by atoms with Gasteiger partial charge >= 0.3 is 6.03 Å². The number of rotatable bonds is 2. The fourth-order valence-corrected chi connectivity index (χ4v) is 3.50. The average molecular weight is 329 g/mol. The minimum absolute atomic E-state index is 0.0318. The van der Waals surface area contributed by atoms with E-state index in [2.05, 4.69) is 5.32 Å². The molecule has 1 saturated heterocycles. The van der Waals surface area contributed by atoms with E-state index in [9.17, 15) is 9.59 Å². The highest BCUT2D eigenvalue weighted by Crippen LogP contribution is 2.18. The van der Waals surface area contributed by atoms with E-state index in [0.29, 0.717) is 32.2 Å². The monoisotopic (exact) mass is 329 g/mol. The zero-order chi connectivity index (χ0) is 16.9. The molecule has 1 aromatic rings. The lowest BCUT2D eigenvalue weighted by atomic mass is 9.96. The summed E-state index contributed by atoms with van der Waals surface area (Å²) in [6.45, 7) is 4.43. The summed E-state index contributed by atoms with van der Waals surface area (Å²) in [4.78, 5) is 28.6. The first-order valence-electron chi connectivity index (χ1n) is 9.05. The van der Waals surface area contributed by atoms with Crippen molar-refractivity contribution in [1.82, 2.24) is 15.1 Å². The lowest BCUT2D eigenvalue weighted by Crippen LogP contribution is -2.54. The number of hydrogen-bond donors (Lipinski definition) is 1. The first kappa shape index (κ1) is 16.8. The van der Waals surface area contributed by atoms with Crippen LogP contribution >= 0.6 is 0 Å². The summed E-state index contributed by atoms with van der Waals surface area (Å²) in [5.74, 6) is 0.0577. The molecule has 0 radical (unpaired) electrons. The molecule has 1 N–H and O–H groups in total. The number of carbonyl (C=O) groups is 2. The van der Waals surface area contributed by atoms with E-state index in [-0.39, 0.29) is 11.9 Å². The molecule has 0 spiro atoms. The van der Waals surface area contributed by atoms with Crippen LogP contribution in [0.1, 0.15) is 48.0 Å². The van der Waals surface area contributed by atoms with Crippen LogP contribution in [0.3, 0.4) is 0 Å². The van der Waals surface area contributed by atoms with Crippen LogP contribution in [-0.2, 0) is 0 Å². The van der Waals surface area contributed by atoms with E-state index in [0.717, 1.165) is 24.0 Å². The van der Waals surface area contributed by atoms with Gasteiger partial charge in [-0.15, -0.1) is 0 Å². The Morgan fingerprint density at radius 1 is 0.917 bits per heavy atom. The molecule has 0 unspecified atom stereocenters. The standard InChI is InChI=1S/C19H27N3O2/c1-15-7-9-16(10-8-15)18(23)21-11-13-22(14-12-21)19(24)20-17-5-3-2-4-6-17/h7-10,17H,2-6,11-14H2,1H3,(H,20,24). The molecule has 24 heavy (non-hydrogen) atoms. The summed E-state index contributed by atoms with van der Waals surface area (Å²) in [5, 5.41) is 3.15. The number of hydrogen-bond acceptors (Lipinski definition) is 2. The highest BCUT2D eigenvalue weighted by molar-refractivity contribution is 5.94. The van der Waals surface area contributed by atoms with Crippen LogP contribution in [-0.4, -0.2) is 54.0 Å². The van der Waals surface area contributed by atoms with Crippen molar-refractivity contribution in [3.05, 3.63) is 35.4 Å². The van der Waals surface area contributed by atoms with E-state index in [4.69, 9.17) is 0 Å². The predicted octanol–water partition coefficient (Wildman–Crippen LogP) is 2.80. The number of carbonyl (C=O) groups excluding carboxylic acids is 2. The molecule has 0 bridgehead atoms.